The van der Waals surface area contributed by atoms with Crippen LogP contribution in [0.15, 0.2) is 58.4 Å². The first-order valence-electron chi connectivity index (χ1n) is 9.16. The fourth-order valence-electron chi connectivity index (χ4n) is 3.39. The number of carbonyl (C=O) groups excluding carboxylic acids is 1. The molecular weight excluding hydrogens is 422 g/mol. The first-order valence-corrected chi connectivity index (χ1v) is 10.4. The first kappa shape index (κ1) is 20.3. The topological polar surface area (TPSA) is 74.9 Å². The lowest BCUT2D eigenvalue weighted by Crippen LogP contribution is -2.23. The van der Waals surface area contributed by atoms with Crippen LogP contribution in [0.5, 0.6) is 0 Å². The Labute approximate surface area is 182 Å². The normalized spacial score (nSPS) is 16.9. The molecule has 6 nitrogen and oxygen atoms in total. The van der Waals surface area contributed by atoms with Crippen LogP contribution in [0.25, 0.3) is 17.0 Å². The number of amides is 1. The number of aromatic nitrogens is 1. The zero-order chi connectivity index (χ0) is 21.4. The largest absolute Gasteiger partial charge is 0.480 e. The Hall–Kier alpha value is -3.03. The Kier molecular flexibility index (Phi) is 5.40. The van der Waals surface area contributed by atoms with Gasteiger partial charge in [-0.25, -0.2) is 4.99 Å². The average molecular weight is 440 g/mol. The molecular formula is C22H18ClN3O3S. The van der Waals surface area contributed by atoms with Gasteiger partial charge in [0.15, 0.2) is 5.17 Å². The molecule has 2 heterocycles. The molecule has 4 rings (SSSR count). The number of aliphatic imine (C=N–C) groups is 1. The van der Waals surface area contributed by atoms with Crippen molar-refractivity contribution in [3.05, 3.63) is 69.7 Å². The van der Waals surface area contributed by atoms with Crippen LogP contribution in [0.1, 0.15) is 11.3 Å². The molecule has 0 aliphatic carbocycles. The Balaban J connectivity index is 1.76. The number of thioether (sulfide) groups is 1. The van der Waals surface area contributed by atoms with E-state index in [2.05, 4.69) is 4.99 Å². The highest BCUT2D eigenvalue weighted by atomic mass is 35.5. The molecule has 2 aromatic carbocycles. The Morgan fingerprint density at radius 3 is 2.60 bits per heavy atom. The first-order chi connectivity index (χ1) is 14.3. The van der Waals surface area contributed by atoms with Gasteiger partial charge in [-0.05, 0) is 55.1 Å². The number of benzene rings is 2. The number of fused-ring (bicyclic) bond motifs is 1. The van der Waals surface area contributed by atoms with Gasteiger partial charge in [-0.2, -0.15) is 0 Å². The number of likely N-dealkylation sites (N-methyl/N-ethyl adjacent to an activating group) is 1. The average Bonchev–Trinajstić information content (AvgIpc) is 3.13. The fourth-order valence-corrected chi connectivity index (χ4v) is 4.48. The third kappa shape index (κ3) is 3.74. The van der Waals surface area contributed by atoms with Crippen LogP contribution < -0.4 is 0 Å². The van der Waals surface area contributed by atoms with Gasteiger partial charge in [-0.15, -0.1) is 0 Å². The van der Waals surface area contributed by atoms with E-state index in [0.29, 0.717) is 20.8 Å². The van der Waals surface area contributed by atoms with Crippen LogP contribution in [0, 0.1) is 6.92 Å². The minimum Gasteiger partial charge on any atom is -0.480 e. The second-order valence-corrected chi connectivity index (χ2v) is 8.29. The molecule has 3 aromatic rings. The molecule has 0 spiro atoms. The number of carboxylic acids is 1. The number of carbonyl (C=O) groups is 2. The highest BCUT2D eigenvalue weighted by molar-refractivity contribution is 8.18. The molecule has 152 valence electrons. The predicted molar refractivity (Wildman–Crippen MR) is 121 cm³/mol. The molecule has 1 N–H and O–H groups in total. The molecule has 1 fully saturated rings. The van der Waals surface area contributed by atoms with Crippen molar-refractivity contribution < 1.29 is 14.7 Å². The number of carboxylic acid groups (broad SMARTS) is 1. The number of para-hydroxylation sites is 1. The van der Waals surface area contributed by atoms with E-state index >= 15 is 0 Å². The third-order valence-electron chi connectivity index (χ3n) is 4.90. The number of amidine groups is 1. The van der Waals surface area contributed by atoms with E-state index in [1.165, 1.54) is 16.7 Å². The van der Waals surface area contributed by atoms with Crippen molar-refractivity contribution in [3.63, 3.8) is 0 Å². The van der Waals surface area contributed by atoms with Crippen molar-refractivity contribution in [1.29, 1.82) is 0 Å². The highest BCUT2D eigenvalue weighted by Gasteiger charge is 2.31. The number of hydrogen-bond acceptors (Lipinski definition) is 4. The van der Waals surface area contributed by atoms with Gasteiger partial charge in [0.05, 0.1) is 10.6 Å². The zero-order valence-corrected chi connectivity index (χ0v) is 17.9. The maximum atomic E-state index is 12.8. The Morgan fingerprint density at radius 2 is 1.90 bits per heavy atom. The molecule has 1 aromatic heterocycles. The van der Waals surface area contributed by atoms with Crippen molar-refractivity contribution in [1.82, 2.24) is 9.47 Å². The summed E-state index contributed by atoms with van der Waals surface area (Å²) in [6.07, 6.45) is 1.82. The van der Waals surface area contributed by atoms with Gasteiger partial charge in [0.25, 0.3) is 5.91 Å². The molecule has 0 atom stereocenters. The molecule has 1 saturated heterocycles. The van der Waals surface area contributed by atoms with Crippen LogP contribution in [-0.2, 0) is 16.1 Å². The Bertz CT molecular complexity index is 1230. The predicted octanol–water partition coefficient (Wildman–Crippen LogP) is 4.92. The van der Waals surface area contributed by atoms with Crippen molar-refractivity contribution >= 4 is 63.1 Å². The van der Waals surface area contributed by atoms with Gasteiger partial charge in [0.2, 0.25) is 0 Å². The molecule has 1 amide bonds. The number of aliphatic carboxylic acids is 1. The summed E-state index contributed by atoms with van der Waals surface area (Å²) >= 11 is 7.21. The molecule has 1 aliphatic rings. The van der Waals surface area contributed by atoms with Gasteiger partial charge in [-0.3, -0.25) is 14.5 Å². The zero-order valence-electron chi connectivity index (χ0n) is 16.3. The number of nitrogens with zero attached hydrogens (tertiary/aromatic N) is 3. The monoisotopic (exact) mass is 439 g/mol. The van der Waals surface area contributed by atoms with Gasteiger partial charge < -0.3 is 9.67 Å². The van der Waals surface area contributed by atoms with E-state index in [9.17, 15) is 14.7 Å². The lowest BCUT2D eigenvalue weighted by Gasteiger charge is -2.07. The smallest absolute Gasteiger partial charge is 0.323 e. The van der Waals surface area contributed by atoms with Crippen LogP contribution in [0.2, 0.25) is 5.02 Å². The summed E-state index contributed by atoms with van der Waals surface area (Å²) in [7, 11) is 1.69. The lowest BCUT2D eigenvalue weighted by atomic mass is 10.1. The summed E-state index contributed by atoms with van der Waals surface area (Å²) in [5.74, 6) is -1.07. The second-order valence-electron chi connectivity index (χ2n) is 6.84. The van der Waals surface area contributed by atoms with Crippen LogP contribution in [0.4, 0.5) is 5.69 Å². The van der Waals surface area contributed by atoms with Gasteiger partial charge in [-0.1, -0.05) is 29.8 Å². The summed E-state index contributed by atoms with van der Waals surface area (Å²) in [5.41, 5.74) is 3.16. The van der Waals surface area contributed by atoms with E-state index < -0.39 is 5.97 Å². The van der Waals surface area contributed by atoms with Gasteiger partial charge >= 0.3 is 5.97 Å². The SMILES string of the molecule is Cc1c(C=C2SC(=Nc3ccc(Cl)cc3)N(C)C2=O)c2ccccc2n1CC(=O)O. The number of halogens is 1. The fraction of sp³-hybridized carbons (Fsp3) is 0.136. The number of hydrogen-bond donors (Lipinski definition) is 1. The summed E-state index contributed by atoms with van der Waals surface area (Å²) in [6.45, 7) is 1.73. The number of rotatable bonds is 4. The van der Waals surface area contributed by atoms with Crippen LogP contribution in [0.3, 0.4) is 0 Å². The van der Waals surface area contributed by atoms with Crippen molar-refractivity contribution in [2.75, 3.05) is 7.05 Å². The van der Waals surface area contributed by atoms with E-state index in [1.807, 2.05) is 37.3 Å². The second kappa shape index (κ2) is 8.01. The molecule has 0 bridgehead atoms. The summed E-state index contributed by atoms with van der Waals surface area (Å²) in [6, 6.07) is 14.7. The minimum atomic E-state index is -0.915. The quantitative estimate of drug-likeness (QED) is 0.585. The summed E-state index contributed by atoms with van der Waals surface area (Å²) in [5, 5.41) is 11.4. The minimum absolute atomic E-state index is 0.139. The molecule has 0 radical (unpaired) electrons. The molecule has 1 aliphatic heterocycles. The van der Waals surface area contributed by atoms with E-state index in [1.54, 1.807) is 35.9 Å². The third-order valence-corrected chi connectivity index (χ3v) is 6.22. The van der Waals surface area contributed by atoms with E-state index in [-0.39, 0.29) is 12.5 Å². The van der Waals surface area contributed by atoms with Crippen molar-refractivity contribution in [2.24, 2.45) is 4.99 Å². The van der Waals surface area contributed by atoms with E-state index in [0.717, 1.165) is 22.2 Å². The highest BCUT2D eigenvalue weighted by Crippen LogP contribution is 2.36. The molecule has 30 heavy (non-hydrogen) atoms. The standard InChI is InChI=1S/C22H18ClN3O3S/c1-13-17(16-5-3-4-6-18(16)26(13)12-20(27)28)11-19-21(29)25(2)22(30-19)24-15-9-7-14(23)8-10-15/h3-11H,12H2,1-2H3,(H,27,28). The van der Waals surface area contributed by atoms with E-state index in [4.69, 9.17) is 11.6 Å². The van der Waals surface area contributed by atoms with Crippen molar-refractivity contribution in [2.45, 2.75) is 13.5 Å². The molecule has 0 unspecified atom stereocenters. The van der Waals surface area contributed by atoms with Crippen LogP contribution in [-0.4, -0.2) is 38.7 Å². The Morgan fingerprint density at radius 1 is 1.20 bits per heavy atom. The van der Waals surface area contributed by atoms with Gasteiger partial charge in [0.1, 0.15) is 6.54 Å². The maximum absolute atomic E-state index is 12.8. The summed E-state index contributed by atoms with van der Waals surface area (Å²) in [4.78, 5) is 30.8. The van der Waals surface area contributed by atoms with Gasteiger partial charge in [0, 0.05) is 34.2 Å². The lowest BCUT2D eigenvalue weighted by molar-refractivity contribution is -0.137. The van der Waals surface area contributed by atoms with Crippen molar-refractivity contribution in [3.8, 4) is 0 Å². The maximum Gasteiger partial charge on any atom is 0.323 e. The molecule has 0 saturated carbocycles. The molecule has 8 heteroatoms. The summed E-state index contributed by atoms with van der Waals surface area (Å²) < 4.78 is 1.75. The van der Waals surface area contributed by atoms with Crippen LogP contribution >= 0.6 is 23.4 Å².